The first kappa shape index (κ1) is 16.4. The van der Waals surface area contributed by atoms with Crippen LogP contribution >= 0.6 is 23.2 Å². The van der Waals surface area contributed by atoms with Crippen molar-refractivity contribution in [1.82, 2.24) is 10.2 Å². The second-order valence-corrected chi connectivity index (χ2v) is 6.73. The molecule has 4 rings (SSSR count). The molecule has 3 aromatic rings. The molecule has 0 N–H and O–H groups in total. The van der Waals surface area contributed by atoms with Crippen LogP contribution in [-0.4, -0.2) is 36.4 Å². The summed E-state index contributed by atoms with van der Waals surface area (Å²) in [5.41, 5.74) is 2.25. The van der Waals surface area contributed by atoms with Gasteiger partial charge in [0.1, 0.15) is 5.52 Å². The van der Waals surface area contributed by atoms with Gasteiger partial charge in [-0.15, -0.1) is 5.10 Å². The number of aromatic nitrogens is 2. The molecule has 0 bridgehead atoms. The number of hydrogen-bond acceptors (Lipinski definition) is 4. The van der Waals surface area contributed by atoms with Gasteiger partial charge in [0.15, 0.2) is 5.82 Å². The molecule has 0 unspecified atom stereocenters. The molecule has 7 heteroatoms. The Morgan fingerprint density at radius 2 is 1.48 bits per heavy atom. The second kappa shape index (κ2) is 6.65. The average Bonchev–Trinajstić information content (AvgIpc) is 2.64. The fourth-order valence-electron chi connectivity index (χ4n) is 3.21. The Hall–Kier alpha value is -2.11. The Kier molecular flexibility index (Phi) is 4.36. The second-order valence-electron chi connectivity index (χ2n) is 5.91. The van der Waals surface area contributed by atoms with Gasteiger partial charge in [0.2, 0.25) is 0 Å². The molecule has 1 aromatic heterocycles. The monoisotopic (exact) mass is 376 g/mol. The highest BCUT2D eigenvalue weighted by Crippen LogP contribution is 2.31. The molecular weight excluding hydrogens is 362 g/mol. The van der Waals surface area contributed by atoms with Crippen LogP contribution in [0.25, 0.3) is 10.9 Å². The minimum absolute atomic E-state index is 0.152. The molecule has 128 valence electrons. The van der Waals surface area contributed by atoms with Gasteiger partial charge in [0.25, 0.3) is 0 Å². The van der Waals surface area contributed by atoms with Gasteiger partial charge in [-0.2, -0.15) is 5.10 Å². The lowest BCUT2D eigenvalue weighted by atomic mass is 10.1. The third kappa shape index (κ3) is 2.98. The number of halogens is 3. The first-order valence-electron chi connectivity index (χ1n) is 7.99. The number of rotatable bonds is 2. The summed E-state index contributed by atoms with van der Waals surface area (Å²) >= 11 is 12.1. The zero-order valence-electron chi connectivity index (χ0n) is 13.3. The number of fused-ring (bicyclic) bond motifs is 1. The molecule has 1 aliphatic rings. The SMILES string of the molecule is Fc1c(Cl)cccc1N1CCN(c2cnnc3c(Cl)cccc23)CC1. The molecule has 1 saturated heterocycles. The van der Waals surface area contributed by atoms with E-state index in [1.54, 1.807) is 24.4 Å². The molecule has 0 spiro atoms. The minimum Gasteiger partial charge on any atom is -0.366 e. The Balaban J connectivity index is 1.59. The van der Waals surface area contributed by atoms with Crippen molar-refractivity contribution in [2.75, 3.05) is 36.0 Å². The van der Waals surface area contributed by atoms with Crippen molar-refractivity contribution in [1.29, 1.82) is 0 Å². The molecular formula is C18H15Cl2FN4. The van der Waals surface area contributed by atoms with Gasteiger partial charge in [-0.25, -0.2) is 4.39 Å². The highest BCUT2D eigenvalue weighted by atomic mass is 35.5. The summed E-state index contributed by atoms with van der Waals surface area (Å²) in [6.07, 6.45) is 1.76. The van der Waals surface area contributed by atoms with E-state index in [0.717, 1.165) is 24.2 Å². The summed E-state index contributed by atoms with van der Waals surface area (Å²) in [5, 5.41) is 9.94. The Morgan fingerprint density at radius 3 is 2.24 bits per heavy atom. The minimum atomic E-state index is -0.361. The molecule has 0 atom stereocenters. The molecule has 0 amide bonds. The lowest BCUT2D eigenvalue weighted by Crippen LogP contribution is -2.47. The normalized spacial score (nSPS) is 15.0. The van der Waals surface area contributed by atoms with Gasteiger partial charge in [-0.3, -0.25) is 0 Å². The lowest BCUT2D eigenvalue weighted by molar-refractivity contribution is 0.598. The molecule has 0 saturated carbocycles. The molecule has 2 heterocycles. The van der Waals surface area contributed by atoms with Crippen LogP contribution in [0.3, 0.4) is 0 Å². The van der Waals surface area contributed by atoms with Crippen LogP contribution in [0.1, 0.15) is 0 Å². The zero-order chi connectivity index (χ0) is 17.4. The molecule has 4 nitrogen and oxygen atoms in total. The summed E-state index contributed by atoms with van der Waals surface area (Å²) in [6.45, 7) is 2.89. The summed E-state index contributed by atoms with van der Waals surface area (Å²) < 4.78 is 14.2. The zero-order valence-corrected chi connectivity index (χ0v) is 14.8. The molecule has 1 fully saturated rings. The van der Waals surface area contributed by atoms with Crippen molar-refractivity contribution < 1.29 is 4.39 Å². The summed E-state index contributed by atoms with van der Waals surface area (Å²) in [4.78, 5) is 4.24. The van der Waals surface area contributed by atoms with E-state index in [1.807, 2.05) is 23.1 Å². The number of nitrogens with zero attached hydrogens (tertiary/aromatic N) is 4. The first-order valence-corrected chi connectivity index (χ1v) is 8.74. The number of hydrogen-bond donors (Lipinski definition) is 0. The molecule has 1 aliphatic heterocycles. The lowest BCUT2D eigenvalue weighted by Gasteiger charge is -2.37. The van der Waals surface area contributed by atoms with E-state index in [-0.39, 0.29) is 10.8 Å². The van der Waals surface area contributed by atoms with Crippen LogP contribution in [0.5, 0.6) is 0 Å². The van der Waals surface area contributed by atoms with Crippen molar-refractivity contribution in [2.24, 2.45) is 0 Å². The third-order valence-electron chi connectivity index (χ3n) is 4.49. The summed E-state index contributed by atoms with van der Waals surface area (Å²) in [5.74, 6) is -0.361. The van der Waals surface area contributed by atoms with Gasteiger partial charge < -0.3 is 9.80 Å². The van der Waals surface area contributed by atoms with Gasteiger partial charge in [-0.1, -0.05) is 41.4 Å². The van der Waals surface area contributed by atoms with Crippen LogP contribution in [0.15, 0.2) is 42.6 Å². The fraction of sp³-hybridized carbons (Fsp3) is 0.222. The van der Waals surface area contributed by atoms with Crippen LogP contribution < -0.4 is 9.80 Å². The van der Waals surface area contributed by atoms with Gasteiger partial charge >= 0.3 is 0 Å². The average molecular weight is 377 g/mol. The summed E-state index contributed by atoms with van der Waals surface area (Å²) in [7, 11) is 0. The highest BCUT2D eigenvalue weighted by molar-refractivity contribution is 6.35. The van der Waals surface area contributed by atoms with Crippen LogP contribution in [0, 0.1) is 5.82 Å². The van der Waals surface area contributed by atoms with Gasteiger partial charge in [0, 0.05) is 31.6 Å². The van der Waals surface area contributed by atoms with E-state index in [4.69, 9.17) is 23.2 Å². The van der Waals surface area contributed by atoms with Crippen molar-refractivity contribution in [3.8, 4) is 0 Å². The smallest absolute Gasteiger partial charge is 0.165 e. The van der Waals surface area contributed by atoms with Crippen molar-refractivity contribution >= 4 is 45.5 Å². The molecule has 25 heavy (non-hydrogen) atoms. The Bertz CT molecular complexity index is 926. The maximum atomic E-state index is 14.2. The van der Waals surface area contributed by atoms with Crippen molar-refractivity contribution in [2.45, 2.75) is 0 Å². The Labute approximate surface area is 154 Å². The maximum absolute atomic E-state index is 14.2. The standard InChI is InChI=1S/C18H15Cl2FN4/c19-13-4-2-6-15(17(13)21)24-7-9-25(10-8-24)16-11-22-23-18-12(16)3-1-5-14(18)20/h1-6,11H,7-10H2. The Morgan fingerprint density at radius 1 is 0.840 bits per heavy atom. The number of benzene rings is 2. The third-order valence-corrected chi connectivity index (χ3v) is 5.09. The van der Waals surface area contributed by atoms with E-state index < -0.39 is 0 Å². The maximum Gasteiger partial charge on any atom is 0.165 e. The molecule has 2 aromatic carbocycles. The highest BCUT2D eigenvalue weighted by Gasteiger charge is 2.22. The first-order chi connectivity index (χ1) is 12.1. The summed E-state index contributed by atoms with van der Waals surface area (Å²) in [6, 6.07) is 10.8. The van der Waals surface area contributed by atoms with E-state index in [0.29, 0.717) is 29.3 Å². The predicted octanol–water partition coefficient (Wildman–Crippen LogP) is 4.40. The van der Waals surface area contributed by atoms with E-state index in [9.17, 15) is 4.39 Å². The topological polar surface area (TPSA) is 32.3 Å². The number of anilines is 2. The van der Waals surface area contributed by atoms with Gasteiger partial charge in [0.05, 0.1) is 27.6 Å². The van der Waals surface area contributed by atoms with Gasteiger partial charge in [-0.05, 0) is 18.2 Å². The molecule has 0 radical (unpaired) electrons. The molecule has 0 aliphatic carbocycles. The van der Waals surface area contributed by atoms with Crippen LogP contribution in [-0.2, 0) is 0 Å². The van der Waals surface area contributed by atoms with E-state index in [2.05, 4.69) is 15.1 Å². The van der Waals surface area contributed by atoms with E-state index >= 15 is 0 Å². The number of piperazine rings is 1. The predicted molar refractivity (Wildman–Crippen MR) is 100 cm³/mol. The van der Waals surface area contributed by atoms with Crippen molar-refractivity contribution in [3.05, 3.63) is 58.5 Å². The quantitative estimate of drug-likeness (QED) is 0.663. The van der Waals surface area contributed by atoms with Crippen LogP contribution in [0.4, 0.5) is 15.8 Å². The van der Waals surface area contributed by atoms with E-state index in [1.165, 1.54) is 0 Å². The largest absolute Gasteiger partial charge is 0.366 e. The fourth-order valence-corrected chi connectivity index (χ4v) is 3.59. The van der Waals surface area contributed by atoms with Crippen molar-refractivity contribution in [3.63, 3.8) is 0 Å². The van der Waals surface area contributed by atoms with Crippen LogP contribution in [0.2, 0.25) is 10.0 Å².